The number of carbonyl (C=O) groups is 1. The van der Waals surface area contributed by atoms with Gasteiger partial charge in [-0.1, -0.05) is 37.6 Å². The third kappa shape index (κ3) is 7.46. The molecule has 1 aromatic rings. The summed E-state index contributed by atoms with van der Waals surface area (Å²) in [4.78, 5) is 16.2. The van der Waals surface area contributed by atoms with Crippen LogP contribution in [0.2, 0.25) is 0 Å². The Balaban J connectivity index is 0.00000312. The second kappa shape index (κ2) is 11.9. The monoisotopic (exact) mass is 456 g/mol. The van der Waals surface area contributed by atoms with Gasteiger partial charge in [0.25, 0.3) is 5.91 Å². The molecule has 6 heteroatoms. The molecule has 0 fully saturated rings. The van der Waals surface area contributed by atoms with Crippen LogP contribution in [0.4, 0.5) is 0 Å². The van der Waals surface area contributed by atoms with Crippen molar-refractivity contribution in [2.45, 2.75) is 45.2 Å². The first kappa shape index (κ1) is 21.5. The van der Waals surface area contributed by atoms with Gasteiger partial charge in [0.15, 0.2) is 5.96 Å². The highest BCUT2D eigenvalue weighted by molar-refractivity contribution is 14.0. The molecule has 0 aliphatic heterocycles. The maximum absolute atomic E-state index is 12.0. The Morgan fingerprint density at radius 3 is 2.44 bits per heavy atom. The van der Waals surface area contributed by atoms with Gasteiger partial charge in [-0.05, 0) is 37.0 Å². The lowest BCUT2D eigenvalue weighted by atomic mass is 10.1. The van der Waals surface area contributed by atoms with Crippen molar-refractivity contribution in [3.8, 4) is 0 Å². The highest BCUT2D eigenvalue weighted by Crippen LogP contribution is 2.09. The smallest absolute Gasteiger partial charge is 0.251 e. The molecule has 0 aromatic heterocycles. The number of hydrogen-bond acceptors (Lipinski definition) is 2. The highest BCUT2D eigenvalue weighted by atomic mass is 127. The van der Waals surface area contributed by atoms with Gasteiger partial charge in [-0.2, -0.15) is 0 Å². The second-order valence-corrected chi connectivity index (χ2v) is 6.02. The molecule has 3 N–H and O–H groups in total. The fourth-order valence-electron chi connectivity index (χ4n) is 2.56. The molecule has 0 heterocycles. The van der Waals surface area contributed by atoms with Gasteiger partial charge in [0.05, 0.1) is 0 Å². The van der Waals surface area contributed by atoms with Crippen molar-refractivity contribution >= 4 is 35.8 Å². The predicted molar refractivity (Wildman–Crippen MR) is 115 cm³/mol. The van der Waals surface area contributed by atoms with E-state index in [1.165, 1.54) is 0 Å². The molecule has 5 nitrogen and oxygen atoms in total. The quantitative estimate of drug-likeness (QED) is 0.194. The van der Waals surface area contributed by atoms with E-state index in [0.717, 1.165) is 43.8 Å². The molecule has 0 saturated heterocycles. The zero-order valence-corrected chi connectivity index (χ0v) is 17.4. The average molecular weight is 456 g/mol. The zero-order valence-electron chi connectivity index (χ0n) is 15.0. The van der Waals surface area contributed by atoms with Crippen LogP contribution in [-0.4, -0.2) is 31.5 Å². The van der Waals surface area contributed by atoms with Gasteiger partial charge in [0.2, 0.25) is 0 Å². The molecule has 0 atom stereocenters. The normalized spacial score (nSPS) is 14.1. The summed E-state index contributed by atoms with van der Waals surface area (Å²) < 4.78 is 0. The van der Waals surface area contributed by atoms with Gasteiger partial charge < -0.3 is 16.0 Å². The standard InChI is InChI=1S/C19H28N4O.HI/c1-3-4-13-21-18(24)16-11-9-15(10-12-16)14-22-19(20-2)23-17-7-5-6-8-17;/h5-6,9-12,17H,3-4,7-8,13-14H2,1-2H3,(H,21,24)(H2,20,22,23);1H. The van der Waals surface area contributed by atoms with Crippen LogP contribution in [0.25, 0.3) is 0 Å². The Bertz CT molecular complexity index is 576. The first-order valence-corrected chi connectivity index (χ1v) is 8.72. The average Bonchev–Trinajstić information content (AvgIpc) is 3.12. The second-order valence-electron chi connectivity index (χ2n) is 6.02. The Morgan fingerprint density at radius 2 is 1.84 bits per heavy atom. The summed E-state index contributed by atoms with van der Waals surface area (Å²) in [7, 11) is 1.78. The lowest BCUT2D eigenvalue weighted by molar-refractivity contribution is 0.0953. The van der Waals surface area contributed by atoms with Crippen molar-refractivity contribution in [1.82, 2.24) is 16.0 Å². The van der Waals surface area contributed by atoms with E-state index >= 15 is 0 Å². The molecule has 0 saturated carbocycles. The molecular formula is C19H29IN4O. The summed E-state index contributed by atoms with van der Waals surface area (Å²) >= 11 is 0. The van der Waals surface area contributed by atoms with Gasteiger partial charge in [-0.15, -0.1) is 24.0 Å². The summed E-state index contributed by atoms with van der Waals surface area (Å²) in [6, 6.07) is 8.13. The van der Waals surface area contributed by atoms with E-state index in [9.17, 15) is 4.79 Å². The number of hydrogen-bond donors (Lipinski definition) is 3. The number of nitrogens with one attached hydrogen (secondary N) is 3. The van der Waals surface area contributed by atoms with Crippen LogP contribution in [0.15, 0.2) is 41.4 Å². The first-order valence-electron chi connectivity index (χ1n) is 8.72. The van der Waals surface area contributed by atoms with Crippen LogP contribution in [0.5, 0.6) is 0 Å². The Labute approximate surface area is 167 Å². The Morgan fingerprint density at radius 1 is 1.16 bits per heavy atom. The molecule has 25 heavy (non-hydrogen) atoms. The molecule has 1 amide bonds. The lowest BCUT2D eigenvalue weighted by Gasteiger charge is -2.17. The van der Waals surface area contributed by atoms with E-state index in [4.69, 9.17) is 0 Å². The summed E-state index contributed by atoms with van der Waals surface area (Å²) in [5.74, 6) is 0.805. The van der Waals surface area contributed by atoms with E-state index in [-0.39, 0.29) is 29.9 Å². The van der Waals surface area contributed by atoms with Crippen molar-refractivity contribution in [3.05, 3.63) is 47.5 Å². The molecule has 0 unspecified atom stereocenters. The third-order valence-corrected chi connectivity index (χ3v) is 4.06. The summed E-state index contributed by atoms with van der Waals surface area (Å²) in [6.07, 6.45) is 8.56. The van der Waals surface area contributed by atoms with Crippen LogP contribution in [-0.2, 0) is 6.54 Å². The van der Waals surface area contributed by atoms with Crippen LogP contribution >= 0.6 is 24.0 Å². The summed E-state index contributed by atoms with van der Waals surface area (Å²) in [6.45, 7) is 3.52. The molecule has 1 aliphatic rings. The van der Waals surface area contributed by atoms with Crippen LogP contribution in [0.1, 0.15) is 48.5 Å². The van der Waals surface area contributed by atoms with Gasteiger partial charge in [0, 0.05) is 31.7 Å². The molecule has 0 spiro atoms. The molecular weight excluding hydrogens is 427 g/mol. The predicted octanol–water partition coefficient (Wildman–Crippen LogP) is 3.22. The Hall–Kier alpha value is -1.57. The number of rotatable bonds is 7. The topological polar surface area (TPSA) is 65.5 Å². The number of halogens is 1. The number of unbranched alkanes of at least 4 members (excludes halogenated alkanes) is 1. The molecule has 0 radical (unpaired) electrons. The number of benzene rings is 1. The largest absolute Gasteiger partial charge is 0.353 e. The fraction of sp³-hybridized carbons (Fsp3) is 0.474. The lowest BCUT2D eigenvalue weighted by Crippen LogP contribution is -2.42. The first-order chi connectivity index (χ1) is 11.7. The third-order valence-electron chi connectivity index (χ3n) is 4.06. The number of carbonyl (C=O) groups excluding carboxylic acids is 1. The summed E-state index contributed by atoms with van der Waals surface area (Å²) in [5, 5.41) is 9.65. The van der Waals surface area contributed by atoms with Crippen molar-refractivity contribution < 1.29 is 4.79 Å². The number of nitrogens with zero attached hydrogens (tertiary/aromatic N) is 1. The van der Waals surface area contributed by atoms with Crippen LogP contribution < -0.4 is 16.0 Å². The van der Waals surface area contributed by atoms with Crippen molar-refractivity contribution in [2.75, 3.05) is 13.6 Å². The molecule has 138 valence electrons. The number of amides is 1. The van der Waals surface area contributed by atoms with E-state index in [2.05, 4.69) is 40.0 Å². The van der Waals surface area contributed by atoms with Gasteiger partial charge in [0.1, 0.15) is 0 Å². The Kier molecular flexibility index (Phi) is 10.2. The molecule has 1 aromatic carbocycles. The maximum atomic E-state index is 12.0. The van der Waals surface area contributed by atoms with Crippen molar-refractivity contribution in [3.63, 3.8) is 0 Å². The van der Waals surface area contributed by atoms with E-state index < -0.39 is 0 Å². The van der Waals surface area contributed by atoms with Crippen molar-refractivity contribution in [2.24, 2.45) is 4.99 Å². The summed E-state index contributed by atoms with van der Waals surface area (Å²) in [5.41, 5.74) is 1.82. The minimum atomic E-state index is -0.00540. The number of guanidine groups is 1. The van der Waals surface area contributed by atoms with E-state index in [1.54, 1.807) is 7.05 Å². The van der Waals surface area contributed by atoms with Gasteiger partial charge in [-0.25, -0.2) is 0 Å². The van der Waals surface area contributed by atoms with Crippen LogP contribution in [0, 0.1) is 0 Å². The zero-order chi connectivity index (χ0) is 17.2. The molecule has 0 bridgehead atoms. The highest BCUT2D eigenvalue weighted by Gasteiger charge is 2.11. The van der Waals surface area contributed by atoms with E-state index in [0.29, 0.717) is 18.2 Å². The molecule has 2 rings (SSSR count). The van der Waals surface area contributed by atoms with E-state index in [1.807, 2.05) is 24.3 Å². The fourth-order valence-corrected chi connectivity index (χ4v) is 2.56. The SMILES string of the molecule is CCCCNC(=O)c1ccc(CNC(=NC)NC2CC=CC2)cc1.I. The maximum Gasteiger partial charge on any atom is 0.251 e. The van der Waals surface area contributed by atoms with Gasteiger partial charge in [-0.3, -0.25) is 9.79 Å². The minimum Gasteiger partial charge on any atom is -0.353 e. The van der Waals surface area contributed by atoms with Crippen LogP contribution in [0.3, 0.4) is 0 Å². The van der Waals surface area contributed by atoms with Crippen molar-refractivity contribution in [1.29, 1.82) is 0 Å². The minimum absolute atomic E-state index is 0. The number of aliphatic imine (C=N–C) groups is 1. The molecule has 1 aliphatic carbocycles. The van der Waals surface area contributed by atoms with Gasteiger partial charge >= 0.3 is 0 Å².